The second kappa shape index (κ2) is 6.42. The molecule has 0 saturated carbocycles. The zero-order chi connectivity index (χ0) is 11.8. The van der Waals surface area contributed by atoms with Crippen LogP contribution in [0.5, 0.6) is 0 Å². The number of nitrogens with zero attached hydrogens (tertiary/aromatic N) is 1. The third-order valence-corrected chi connectivity index (χ3v) is 1.37. The molecule has 1 rings (SSSR count). The maximum Gasteiger partial charge on any atom is 0.300 e. The number of rotatable bonds is 1. The van der Waals surface area contributed by atoms with Crippen LogP contribution in [0, 0.1) is 6.92 Å². The summed E-state index contributed by atoms with van der Waals surface area (Å²) in [5.41, 5.74) is 12.3. The Bertz CT molecular complexity index is 353. The van der Waals surface area contributed by atoms with Crippen molar-refractivity contribution < 1.29 is 9.90 Å². The molecule has 0 spiro atoms. The number of guanidine groups is 1. The van der Waals surface area contributed by atoms with Crippen molar-refractivity contribution >= 4 is 17.6 Å². The molecule has 1 aromatic rings. The fraction of sp³-hybridized carbons (Fsp3) is 0.200. The summed E-state index contributed by atoms with van der Waals surface area (Å²) >= 11 is 0. The first-order valence-electron chi connectivity index (χ1n) is 4.28. The minimum Gasteiger partial charge on any atom is -0.481 e. The van der Waals surface area contributed by atoms with Gasteiger partial charge in [0.15, 0.2) is 5.96 Å². The Morgan fingerprint density at radius 2 is 1.80 bits per heavy atom. The zero-order valence-corrected chi connectivity index (χ0v) is 8.77. The van der Waals surface area contributed by atoms with Gasteiger partial charge in [-0.15, -0.1) is 0 Å². The van der Waals surface area contributed by atoms with Gasteiger partial charge < -0.3 is 16.6 Å². The Morgan fingerprint density at radius 1 is 1.33 bits per heavy atom. The first-order chi connectivity index (χ1) is 6.93. The number of hydrogen-bond acceptors (Lipinski definition) is 2. The summed E-state index contributed by atoms with van der Waals surface area (Å²) < 4.78 is 0. The molecular formula is C10H15N3O2. The molecule has 82 valence electrons. The van der Waals surface area contributed by atoms with Crippen molar-refractivity contribution in [2.45, 2.75) is 13.8 Å². The fourth-order valence-electron chi connectivity index (χ4n) is 0.828. The number of aliphatic carboxylic acids is 1. The van der Waals surface area contributed by atoms with Gasteiger partial charge in [-0.05, 0) is 18.6 Å². The first kappa shape index (κ1) is 13.0. The van der Waals surface area contributed by atoms with Crippen LogP contribution in [-0.4, -0.2) is 17.0 Å². The molecule has 15 heavy (non-hydrogen) atoms. The number of hydrogen-bond donors (Lipinski definition) is 3. The number of aryl methyl sites for hydroxylation is 1. The van der Waals surface area contributed by atoms with Gasteiger partial charge in [0.2, 0.25) is 0 Å². The number of carbonyl (C=O) groups is 1. The molecule has 0 amide bonds. The van der Waals surface area contributed by atoms with E-state index in [9.17, 15) is 0 Å². The maximum absolute atomic E-state index is 9.00. The van der Waals surface area contributed by atoms with Gasteiger partial charge in [0.05, 0.1) is 5.69 Å². The largest absolute Gasteiger partial charge is 0.481 e. The average molecular weight is 209 g/mol. The molecule has 5 N–H and O–H groups in total. The van der Waals surface area contributed by atoms with Crippen molar-refractivity contribution in [3.05, 3.63) is 29.8 Å². The Hall–Kier alpha value is -2.04. The molecule has 0 aliphatic rings. The van der Waals surface area contributed by atoms with Crippen molar-refractivity contribution in [2.75, 3.05) is 0 Å². The van der Waals surface area contributed by atoms with Gasteiger partial charge in [-0.25, -0.2) is 4.99 Å². The van der Waals surface area contributed by atoms with Crippen molar-refractivity contribution in [1.82, 2.24) is 0 Å². The maximum atomic E-state index is 9.00. The number of aliphatic imine (C=N–C) groups is 1. The molecule has 0 unspecified atom stereocenters. The molecule has 0 atom stereocenters. The van der Waals surface area contributed by atoms with E-state index in [0.29, 0.717) is 0 Å². The summed E-state index contributed by atoms with van der Waals surface area (Å²) in [4.78, 5) is 12.9. The molecule has 0 heterocycles. The highest BCUT2D eigenvalue weighted by Crippen LogP contribution is 2.15. The molecule has 0 aromatic heterocycles. The van der Waals surface area contributed by atoms with Gasteiger partial charge in [-0.2, -0.15) is 0 Å². The predicted octanol–water partition coefficient (Wildman–Crippen LogP) is 0.991. The standard InChI is InChI=1S/C8H11N3.C2H4O2/c1-6-4-2-3-5-7(6)11-8(9)10;1-2(3)4/h2-5H,1H3,(H4,9,10,11);1H3,(H,3,4). The van der Waals surface area contributed by atoms with Crippen molar-refractivity contribution in [3.63, 3.8) is 0 Å². The normalized spacial score (nSPS) is 8.40. The molecule has 0 aliphatic heterocycles. The van der Waals surface area contributed by atoms with E-state index in [2.05, 4.69) is 4.99 Å². The van der Waals surface area contributed by atoms with Gasteiger partial charge >= 0.3 is 0 Å². The lowest BCUT2D eigenvalue weighted by Gasteiger charge is -1.97. The number of benzene rings is 1. The van der Waals surface area contributed by atoms with Crippen LogP contribution in [0.25, 0.3) is 0 Å². The first-order valence-corrected chi connectivity index (χ1v) is 4.28. The van der Waals surface area contributed by atoms with E-state index in [4.69, 9.17) is 21.4 Å². The van der Waals surface area contributed by atoms with Crippen LogP contribution in [-0.2, 0) is 4.79 Å². The van der Waals surface area contributed by atoms with Gasteiger partial charge in [0, 0.05) is 6.92 Å². The number of nitrogens with two attached hydrogens (primary N) is 2. The summed E-state index contributed by atoms with van der Waals surface area (Å²) in [7, 11) is 0. The summed E-state index contributed by atoms with van der Waals surface area (Å²) in [5.74, 6) is -0.737. The van der Waals surface area contributed by atoms with E-state index in [1.807, 2.05) is 31.2 Å². The number of para-hydroxylation sites is 1. The summed E-state index contributed by atoms with van der Waals surface area (Å²) in [5, 5.41) is 7.42. The van der Waals surface area contributed by atoms with Crippen LogP contribution in [0.1, 0.15) is 12.5 Å². The minimum absolute atomic E-state index is 0.0966. The third kappa shape index (κ3) is 7.06. The predicted molar refractivity (Wildman–Crippen MR) is 60.0 cm³/mol. The quantitative estimate of drug-likeness (QED) is 0.474. The molecule has 0 saturated heterocycles. The third-order valence-electron chi connectivity index (χ3n) is 1.37. The Balaban J connectivity index is 0.000000423. The van der Waals surface area contributed by atoms with Gasteiger partial charge in [-0.1, -0.05) is 18.2 Å². The van der Waals surface area contributed by atoms with E-state index >= 15 is 0 Å². The lowest BCUT2D eigenvalue weighted by Crippen LogP contribution is -2.21. The van der Waals surface area contributed by atoms with Crippen LogP contribution in [0.3, 0.4) is 0 Å². The van der Waals surface area contributed by atoms with Gasteiger partial charge in [-0.3, -0.25) is 4.79 Å². The number of carboxylic acid groups (broad SMARTS) is 1. The molecule has 0 bridgehead atoms. The molecular weight excluding hydrogens is 194 g/mol. The Morgan fingerprint density at radius 3 is 2.20 bits per heavy atom. The molecule has 0 aliphatic carbocycles. The average Bonchev–Trinajstić information content (AvgIpc) is 2.07. The van der Waals surface area contributed by atoms with Crippen LogP contribution < -0.4 is 11.5 Å². The van der Waals surface area contributed by atoms with E-state index in [-0.39, 0.29) is 5.96 Å². The van der Waals surface area contributed by atoms with E-state index in [1.165, 1.54) is 0 Å². The summed E-state index contributed by atoms with van der Waals surface area (Å²) in [6.45, 7) is 3.04. The van der Waals surface area contributed by atoms with E-state index < -0.39 is 5.97 Å². The molecule has 5 heteroatoms. The molecule has 5 nitrogen and oxygen atoms in total. The van der Waals surface area contributed by atoms with Crippen molar-refractivity contribution in [1.29, 1.82) is 0 Å². The lowest BCUT2D eigenvalue weighted by atomic mass is 10.2. The molecule has 0 fully saturated rings. The number of carboxylic acids is 1. The highest BCUT2D eigenvalue weighted by atomic mass is 16.4. The van der Waals surface area contributed by atoms with Crippen LogP contribution >= 0.6 is 0 Å². The van der Waals surface area contributed by atoms with Crippen LogP contribution in [0.2, 0.25) is 0 Å². The highest BCUT2D eigenvalue weighted by Gasteiger charge is 1.92. The topological polar surface area (TPSA) is 102 Å². The van der Waals surface area contributed by atoms with Crippen molar-refractivity contribution in [3.8, 4) is 0 Å². The zero-order valence-electron chi connectivity index (χ0n) is 8.77. The fourth-order valence-corrected chi connectivity index (χ4v) is 0.828. The van der Waals surface area contributed by atoms with Gasteiger partial charge in [0.25, 0.3) is 5.97 Å². The summed E-state index contributed by atoms with van der Waals surface area (Å²) in [6, 6.07) is 7.67. The van der Waals surface area contributed by atoms with E-state index in [0.717, 1.165) is 18.2 Å². The van der Waals surface area contributed by atoms with E-state index in [1.54, 1.807) is 0 Å². The smallest absolute Gasteiger partial charge is 0.300 e. The second-order valence-corrected chi connectivity index (χ2v) is 2.84. The van der Waals surface area contributed by atoms with Gasteiger partial charge in [0.1, 0.15) is 0 Å². The lowest BCUT2D eigenvalue weighted by molar-refractivity contribution is -0.134. The SMILES string of the molecule is CC(=O)O.Cc1ccccc1N=C(N)N. The monoisotopic (exact) mass is 209 g/mol. The molecule has 1 aromatic carbocycles. The highest BCUT2D eigenvalue weighted by molar-refractivity contribution is 5.79. The molecule has 0 radical (unpaired) electrons. The Kier molecular flexibility index (Phi) is 5.55. The van der Waals surface area contributed by atoms with Crippen LogP contribution in [0.15, 0.2) is 29.3 Å². The Labute approximate surface area is 88.4 Å². The second-order valence-electron chi connectivity index (χ2n) is 2.84. The minimum atomic E-state index is -0.833. The van der Waals surface area contributed by atoms with Crippen molar-refractivity contribution in [2.24, 2.45) is 16.5 Å². The van der Waals surface area contributed by atoms with Crippen LogP contribution in [0.4, 0.5) is 5.69 Å². The summed E-state index contributed by atoms with van der Waals surface area (Å²) in [6.07, 6.45) is 0.